The molecule has 3 amide bonds. The number of methoxy groups -OCH3 is 1. The van der Waals surface area contributed by atoms with Gasteiger partial charge in [0.1, 0.15) is 6.54 Å². The van der Waals surface area contributed by atoms with Crippen LogP contribution in [0.2, 0.25) is 5.02 Å². The second-order valence-corrected chi connectivity index (χ2v) is 7.64. The van der Waals surface area contributed by atoms with Crippen molar-refractivity contribution in [1.82, 2.24) is 4.90 Å². The van der Waals surface area contributed by atoms with Crippen molar-refractivity contribution in [2.45, 2.75) is 6.92 Å². The average Bonchev–Trinajstić information content (AvgIpc) is 2.93. The van der Waals surface area contributed by atoms with Crippen LogP contribution in [0.15, 0.2) is 41.3 Å². The Morgan fingerprint density at radius 3 is 2.76 bits per heavy atom. The van der Waals surface area contributed by atoms with Gasteiger partial charge in [0, 0.05) is 10.7 Å². The van der Waals surface area contributed by atoms with Gasteiger partial charge in [0.05, 0.1) is 12.0 Å². The van der Waals surface area contributed by atoms with Gasteiger partial charge in [0.15, 0.2) is 11.5 Å². The number of carbonyl (C=O) groups excluding carboxylic acids is 3. The fourth-order valence-corrected chi connectivity index (χ4v) is 3.64. The van der Waals surface area contributed by atoms with Gasteiger partial charge in [0.2, 0.25) is 5.91 Å². The van der Waals surface area contributed by atoms with Gasteiger partial charge in [-0.05, 0) is 60.2 Å². The standard InChI is InChI=1S/C20H17ClN2O5S/c1-11-3-5-13(21)9-14(11)22-18(25)10-23-19(26)17(29-20(23)27)8-12-4-6-15(24)16(7-12)28-2/h3-9,24H,10H2,1-2H3,(H,22,25)/b17-8+. The zero-order chi connectivity index (χ0) is 21.1. The molecular formula is C20H17ClN2O5S. The topological polar surface area (TPSA) is 95.9 Å². The number of amides is 3. The van der Waals surface area contributed by atoms with Gasteiger partial charge < -0.3 is 15.2 Å². The van der Waals surface area contributed by atoms with E-state index in [9.17, 15) is 19.5 Å². The first-order valence-corrected chi connectivity index (χ1v) is 9.66. The molecule has 0 unspecified atom stereocenters. The minimum Gasteiger partial charge on any atom is -0.504 e. The number of benzene rings is 2. The summed E-state index contributed by atoms with van der Waals surface area (Å²) in [6.07, 6.45) is 1.51. The third kappa shape index (κ3) is 4.72. The Morgan fingerprint density at radius 1 is 1.28 bits per heavy atom. The number of hydrogen-bond acceptors (Lipinski definition) is 6. The predicted molar refractivity (Wildman–Crippen MR) is 112 cm³/mol. The van der Waals surface area contributed by atoms with Gasteiger partial charge in [0.25, 0.3) is 11.1 Å². The highest BCUT2D eigenvalue weighted by Crippen LogP contribution is 2.34. The minimum atomic E-state index is -0.565. The summed E-state index contributed by atoms with van der Waals surface area (Å²) in [5.41, 5.74) is 1.89. The van der Waals surface area contributed by atoms with Gasteiger partial charge in [-0.2, -0.15) is 0 Å². The lowest BCUT2D eigenvalue weighted by Crippen LogP contribution is -2.36. The molecular weight excluding hydrogens is 416 g/mol. The molecule has 0 aromatic heterocycles. The monoisotopic (exact) mass is 432 g/mol. The molecule has 1 aliphatic rings. The third-order valence-electron chi connectivity index (χ3n) is 4.15. The molecule has 0 radical (unpaired) electrons. The summed E-state index contributed by atoms with van der Waals surface area (Å²) in [6, 6.07) is 9.60. The van der Waals surface area contributed by atoms with Gasteiger partial charge in [-0.1, -0.05) is 23.7 Å². The van der Waals surface area contributed by atoms with E-state index in [1.54, 1.807) is 31.2 Å². The zero-order valence-electron chi connectivity index (χ0n) is 15.6. The third-order valence-corrected chi connectivity index (χ3v) is 5.29. The van der Waals surface area contributed by atoms with Crippen LogP contribution in [0.25, 0.3) is 6.08 Å². The number of rotatable bonds is 5. The number of hydrogen-bond donors (Lipinski definition) is 2. The fraction of sp³-hybridized carbons (Fsp3) is 0.150. The van der Waals surface area contributed by atoms with Crippen LogP contribution < -0.4 is 10.1 Å². The van der Waals surface area contributed by atoms with E-state index in [4.69, 9.17) is 16.3 Å². The second-order valence-electron chi connectivity index (χ2n) is 6.21. The number of phenolic OH excluding ortho intramolecular Hbond substituents is 1. The molecule has 2 N–H and O–H groups in total. The van der Waals surface area contributed by atoms with Crippen LogP contribution in [0.1, 0.15) is 11.1 Å². The summed E-state index contributed by atoms with van der Waals surface area (Å²) in [5.74, 6) is -0.866. The molecule has 0 spiro atoms. The van der Waals surface area contributed by atoms with Crippen LogP contribution in [0, 0.1) is 6.92 Å². The molecule has 1 heterocycles. The van der Waals surface area contributed by atoms with Gasteiger partial charge in [-0.15, -0.1) is 0 Å². The van der Waals surface area contributed by atoms with Crippen LogP contribution in [0.4, 0.5) is 10.5 Å². The number of nitrogens with one attached hydrogen (secondary N) is 1. The number of phenols is 1. The summed E-state index contributed by atoms with van der Waals surface area (Å²) in [4.78, 5) is 38.2. The molecule has 0 aliphatic carbocycles. The molecule has 0 saturated carbocycles. The highest BCUT2D eigenvalue weighted by molar-refractivity contribution is 8.18. The van der Waals surface area contributed by atoms with Gasteiger partial charge in [-0.25, -0.2) is 0 Å². The predicted octanol–water partition coefficient (Wildman–Crippen LogP) is 4.04. The highest BCUT2D eigenvalue weighted by atomic mass is 35.5. The fourth-order valence-electron chi connectivity index (χ4n) is 2.63. The Kier molecular flexibility index (Phi) is 6.14. The number of halogens is 1. The first-order chi connectivity index (χ1) is 13.8. The number of anilines is 1. The van der Waals surface area contributed by atoms with Gasteiger partial charge in [-0.3, -0.25) is 19.3 Å². The van der Waals surface area contributed by atoms with E-state index >= 15 is 0 Å². The summed E-state index contributed by atoms with van der Waals surface area (Å²) in [6.45, 7) is 1.40. The van der Waals surface area contributed by atoms with Crippen molar-refractivity contribution >= 4 is 52.2 Å². The number of carbonyl (C=O) groups is 3. The zero-order valence-corrected chi connectivity index (χ0v) is 17.1. The molecule has 3 rings (SSSR count). The molecule has 1 saturated heterocycles. The summed E-state index contributed by atoms with van der Waals surface area (Å²) < 4.78 is 5.04. The van der Waals surface area contributed by atoms with E-state index in [0.717, 1.165) is 22.2 Å². The Morgan fingerprint density at radius 2 is 2.03 bits per heavy atom. The quantitative estimate of drug-likeness (QED) is 0.692. The van der Waals surface area contributed by atoms with Crippen molar-refractivity contribution in [1.29, 1.82) is 0 Å². The van der Waals surface area contributed by atoms with Crippen LogP contribution in [0.3, 0.4) is 0 Å². The molecule has 2 aromatic rings. The maximum Gasteiger partial charge on any atom is 0.294 e. The Hall–Kier alpha value is -2.97. The van der Waals surface area contributed by atoms with E-state index < -0.39 is 23.6 Å². The number of ether oxygens (including phenoxy) is 1. The lowest BCUT2D eigenvalue weighted by atomic mass is 10.2. The van der Waals surface area contributed by atoms with Crippen molar-refractivity contribution in [2.24, 2.45) is 0 Å². The maximum absolute atomic E-state index is 12.6. The number of imide groups is 1. The van der Waals surface area contributed by atoms with E-state index in [1.807, 2.05) is 0 Å². The average molecular weight is 433 g/mol. The Labute approximate surface area is 176 Å². The summed E-state index contributed by atoms with van der Waals surface area (Å²) in [7, 11) is 1.41. The van der Waals surface area contributed by atoms with E-state index in [2.05, 4.69) is 5.32 Å². The highest BCUT2D eigenvalue weighted by Gasteiger charge is 2.36. The molecule has 1 aliphatic heterocycles. The van der Waals surface area contributed by atoms with Crippen LogP contribution in [-0.2, 0) is 9.59 Å². The van der Waals surface area contributed by atoms with Crippen LogP contribution in [-0.4, -0.2) is 40.7 Å². The molecule has 7 nitrogen and oxygen atoms in total. The molecule has 29 heavy (non-hydrogen) atoms. The number of aryl methyl sites for hydroxylation is 1. The van der Waals surface area contributed by atoms with E-state index in [1.165, 1.54) is 25.3 Å². The first kappa shape index (κ1) is 20.8. The first-order valence-electron chi connectivity index (χ1n) is 8.47. The molecule has 1 fully saturated rings. The number of thioether (sulfide) groups is 1. The van der Waals surface area contributed by atoms with Crippen LogP contribution >= 0.6 is 23.4 Å². The largest absolute Gasteiger partial charge is 0.504 e. The minimum absolute atomic E-state index is 0.0364. The lowest BCUT2D eigenvalue weighted by molar-refractivity contribution is -0.127. The molecule has 2 aromatic carbocycles. The lowest BCUT2D eigenvalue weighted by Gasteiger charge is -2.13. The van der Waals surface area contributed by atoms with Crippen molar-refractivity contribution < 1.29 is 24.2 Å². The maximum atomic E-state index is 12.6. The second kappa shape index (κ2) is 8.59. The van der Waals surface area contributed by atoms with Crippen molar-refractivity contribution in [3.05, 3.63) is 57.5 Å². The molecule has 0 atom stereocenters. The van der Waals surface area contributed by atoms with Crippen LogP contribution in [0.5, 0.6) is 11.5 Å². The summed E-state index contributed by atoms with van der Waals surface area (Å²) in [5, 5.41) is 12.2. The van der Waals surface area contributed by atoms with Gasteiger partial charge >= 0.3 is 0 Å². The normalized spacial score (nSPS) is 15.1. The Balaban J connectivity index is 1.73. The van der Waals surface area contributed by atoms with Crippen molar-refractivity contribution in [3.63, 3.8) is 0 Å². The number of aromatic hydroxyl groups is 1. The van der Waals surface area contributed by atoms with Crippen molar-refractivity contribution in [3.8, 4) is 11.5 Å². The smallest absolute Gasteiger partial charge is 0.294 e. The molecule has 0 bridgehead atoms. The van der Waals surface area contributed by atoms with E-state index in [-0.39, 0.29) is 16.4 Å². The summed E-state index contributed by atoms with van der Waals surface area (Å²) >= 11 is 6.68. The SMILES string of the molecule is COc1cc(/C=C2/SC(=O)N(CC(=O)Nc3cc(Cl)ccc3C)C2=O)ccc1O. The molecule has 9 heteroatoms. The van der Waals surface area contributed by atoms with Crippen molar-refractivity contribution in [2.75, 3.05) is 19.0 Å². The number of nitrogens with zero attached hydrogens (tertiary/aromatic N) is 1. The Bertz CT molecular complexity index is 1040. The van der Waals surface area contributed by atoms with E-state index in [0.29, 0.717) is 16.3 Å². The molecule has 150 valence electrons.